The Morgan fingerprint density at radius 2 is 1.80 bits per heavy atom. The van der Waals surface area contributed by atoms with Crippen molar-refractivity contribution in [2.75, 3.05) is 51.9 Å². The van der Waals surface area contributed by atoms with Gasteiger partial charge in [-0.15, -0.1) is 0 Å². The van der Waals surface area contributed by atoms with Crippen LogP contribution in [0.5, 0.6) is 0 Å². The number of hydrogen-bond donors (Lipinski definition) is 1. The average Bonchev–Trinajstić information content (AvgIpc) is 3.09. The standard InChI is InChI=1S/C26H41N3O5S/c1-4-25(22-9-6-5-7-10-22)12-14-26(15-13-25)21-28(24(31)29(26)17-8-19-34-2)18-11-23(30)27-16-20-35(3,32)33/h5-7,9-10H,4,8,11-21H2,1-3H3,(H,27,30)/t25-,26-. The molecule has 8 nitrogen and oxygen atoms in total. The zero-order valence-corrected chi connectivity index (χ0v) is 22.2. The summed E-state index contributed by atoms with van der Waals surface area (Å²) in [5.41, 5.74) is 1.31. The van der Waals surface area contributed by atoms with E-state index in [9.17, 15) is 18.0 Å². The summed E-state index contributed by atoms with van der Waals surface area (Å²) in [6.45, 7) is 4.57. The van der Waals surface area contributed by atoms with Gasteiger partial charge in [-0.05, 0) is 49.5 Å². The third-order valence-electron chi connectivity index (χ3n) is 7.89. The largest absolute Gasteiger partial charge is 0.385 e. The summed E-state index contributed by atoms with van der Waals surface area (Å²) in [7, 11) is -1.45. The van der Waals surface area contributed by atoms with E-state index in [1.807, 2.05) is 9.80 Å². The fourth-order valence-electron chi connectivity index (χ4n) is 5.72. The highest BCUT2D eigenvalue weighted by Crippen LogP contribution is 2.49. The number of nitrogens with one attached hydrogen (secondary N) is 1. The molecule has 0 bridgehead atoms. The topological polar surface area (TPSA) is 96.0 Å². The first-order valence-corrected chi connectivity index (χ1v) is 14.8. The number of nitrogens with zero attached hydrogens (tertiary/aromatic N) is 2. The SMILES string of the molecule is CC[C@]1(c2ccccc2)CC[C@]2(CC1)CN(CCC(=O)NCCS(C)(=O)=O)C(=O)N2CCCOC. The number of ether oxygens (including phenoxy) is 1. The molecule has 1 N–H and O–H groups in total. The zero-order chi connectivity index (χ0) is 25.5. The summed E-state index contributed by atoms with van der Waals surface area (Å²) in [6, 6.07) is 10.7. The molecule has 0 radical (unpaired) electrons. The van der Waals surface area contributed by atoms with Crippen LogP contribution in [0, 0.1) is 0 Å². The summed E-state index contributed by atoms with van der Waals surface area (Å²) in [4.78, 5) is 29.5. The van der Waals surface area contributed by atoms with E-state index < -0.39 is 9.84 Å². The van der Waals surface area contributed by atoms with Crippen molar-refractivity contribution in [3.05, 3.63) is 35.9 Å². The molecule has 0 aromatic heterocycles. The molecular formula is C26H41N3O5S. The minimum atomic E-state index is -3.12. The first kappa shape index (κ1) is 27.5. The van der Waals surface area contributed by atoms with Gasteiger partial charge in [-0.3, -0.25) is 4.79 Å². The van der Waals surface area contributed by atoms with Crippen LogP contribution in [0.4, 0.5) is 4.79 Å². The van der Waals surface area contributed by atoms with Crippen molar-refractivity contribution in [3.8, 4) is 0 Å². The Bertz CT molecular complexity index is 958. The average molecular weight is 508 g/mol. The van der Waals surface area contributed by atoms with Gasteiger partial charge in [-0.1, -0.05) is 37.3 Å². The molecule has 2 aliphatic rings. The van der Waals surface area contributed by atoms with Crippen molar-refractivity contribution >= 4 is 21.8 Å². The van der Waals surface area contributed by atoms with E-state index in [0.29, 0.717) is 26.2 Å². The first-order chi connectivity index (χ1) is 16.6. The summed E-state index contributed by atoms with van der Waals surface area (Å²) in [6.07, 6.45) is 7.10. The maximum Gasteiger partial charge on any atom is 0.320 e. The van der Waals surface area contributed by atoms with Gasteiger partial charge < -0.3 is 19.9 Å². The second-order valence-corrected chi connectivity index (χ2v) is 12.4. The van der Waals surface area contributed by atoms with Crippen molar-refractivity contribution in [2.24, 2.45) is 0 Å². The maximum absolute atomic E-state index is 13.4. The molecule has 1 saturated heterocycles. The van der Waals surface area contributed by atoms with Crippen LogP contribution in [-0.2, 0) is 24.8 Å². The summed E-state index contributed by atoms with van der Waals surface area (Å²) in [5.74, 6) is -0.315. The molecule has 0 unspecified atom stereocenters. The molecule has 0 atom stereocenters. The van der Waals surface area contributed by atoms with Crippen molar-refractivity contribution in [2.45, 2.75) is 62.8 Å². The Balaban J connectivity index is 1.67. The molecule has 2 fully saturated rings. The van der Waals surface area contributed by atoms with Crippen molar-refractivity contribution in [3.63, 3.8) is 0 Å². The lowest BCUT2D eigenvalue weighted by Gasteiger charge is -2.48. The van der Waals surface area contributed by atoms with Gasteiger partial charge in [0.1, 0.15) is 9.84 Å². The van der Waals surface area contributed by atoms with Gasteiger partial charge in [0.05, 0.1) is 11.3 Å². The number of methoxy groups -OCH3 is 1. The second-order valence-electron chi connectivity index (χ2n) is 10.2. The monoisotopic (exact) mass is 507 g/mol. The van der Waals surface area contributed by atoms with Crippen LogP contribution in [0.15, 0.2) is 30.3 Å². The van der Waals surface area contributed by atoms with E-state index in [2.05, 4.69) is 42.6 Å². The van der Waals surface area contributed by atoms with Crippen LogP contribution in [0.3, 0.4) is 0 Å². The Morgan fingerprint density at radius 3 is 2.40 bits per heavy atom. The van der Waals surface area contributed by atoms with E-state index in [1.165, 1.54) is 5.56 Å². The number of rotatable bonds is 12. The summed E-state index contributed by atoms with van der Waals surface area (Å²) >= 11 is 0. The minimum Gasteiger partial charge on any atom is -0.385 e. The molecule has 1 spiro atoms. The molecule has 1 saturated carbocycles. The van der Waals surface area contributed by atoms with Gasteiger partial charge in [0.2, 0.25) is 5.91 Å². The lowest BCUT2D eigenvalue weighted by atomic mass is 9.62. The zero-order valence-electron chi connectivity index (χ0n) is 21.4. The van der Waals surface area contributed by atoms with Crippen LogP contribution in [0.2, 0.25) is 0 Å². The molecule has 196 valence electrons. The lowest BCUT2D eigenvalue weighted by molar-refractivity contribution is -0.121. The van der Waals surface area contributed by atoms with E-state index in [0.717, 1.165) is 44.8 Å². The lowest BCUT2D eigenvalue weighted by Crippen LogP contribution is -2.52. The molecule has 1 aliphatic heterocycles. The third-order valence-corrected chi connectivity index (χ3v) is 8.84. The van der Waals surface area contributed by atoms with Crippen LogP contribution < -0.4 is 5.32 Å². The number of amides is 3. The highest BCUT2D eigenvalue weighted by atomic mass is 32.2. The van der Waals surface area contributed by atoms with Gasteiger partial charge in [0.25, 0.3) is 0 Å². The van der Waals surface area contributed by atoms with E-state index in [-0.39, 0.29) is 41.6 Å². The highest BCUT2D eigenvalue weighted by Gasteiger charge is 2.53. The van der Waals surface area contributed by atoms with Crippen molar-refractivity contribution in [1.29, 1.82) is 0 Å². The summed E-state index contributed by atoms with van der Waals surface area (Å²) in [5, 5.41) is 2.65. The molecule has 3 rings (SSSR count). The number of hydrogen-bond acceptors (Lipinski definition) is 5. The molecule has 1 aliphatic carbocycles. The van der Waals surface area contributed by atoms with E-state index >= 15 is 0 Å². The number of benzene rings is 1. The predicted molar refractivity (Wildman–Crippen MR) is 137 cm³/mol. The van der Waals surface area contributed by atoms with Gasteiger partial charge in [0.15, 0.2) is 0 Å². The molecule has 1 aromatic rings. The first-order valence-electron chi connectivity index (χ1n) is 12.7. The smallest absolute Gasteiger partial charge is 0.320 e. The Hall–Kier alpha value is -2.13. The van der Waals surface area contributed by atoms with Crippen molar-refractivity contribution in [1.82, 2.24) is 15.1 Å². The van der Waals surface area contributed by atoms with Gasteiger partial charge >= 0.3 is 6.03 Å². The maximum atomic E-state index is 13.4. The minimum absolute atomic E-state index is 0.00579. The molecule has 9 heteroatoms. The summed E-state index contributed by atoms with van der Waals surface area (Å²) < 4.78 is 27.8. The van der Waals surface area contributed by atoms with Crippen LogP contribution in [-0.4, -0.2) is 87.6 Å². The predicted octanol–water partition coefficient (Wildman–Crippen LogP) is 2.97. The fourth-order valence-corrected chi connectivity index (χ4v) is 6.19. The number of sulfone groups is 1. The Labute approximate surface area is 210 Å². The Morgan fingerprint density at radius 1 is 1.11 bits per heavy atom. The highest BCUT2D eigenvalue weighted by molar-refractivity contribution is 7.90. The normalized spacial score (nSPS) is 24.8. The van der Waals surface area contributed by atoms with Crippen LogP contribution >= 0.6 is 0 Å². The number of carbonyl (C=O) groups excluding carboxylic acids is 2. The second kappa shape index (κ2) is 11.7. The van der Waals surface area contributed by atoms with E-state index in [4.69, 9.17) is 4.74 Å². The third kappa shape index (κ3) is 6.76. The molecular weight excluding hydrogens is 466 g/mol. The molecule has 1 aromatic carbocycles. The fraction of sp³-hybridized carbons (Fsp3) is 0.692. The molecule has 1 heterocycles. The molecule has 3 amide bonds. The Kier molecular flexibility index (Phi) is 9.21. The molecule has 35 heavy (non-hydrogen) atoms. The van der Waals surface area contributed by atoms with Crippen molar-refractivity contribution < 1.29 is 22.7 Å². The van der Waals surface area contributed by atoms with Crippen LogP contribution in [0.1, 0.15) is 57.4 Å². The number of urea groups is 1. The van der Waals surface area contributed by atoms with Gasteiger partial charge in [0, 0.05) is 52.6 Å². The van der Waals surface area contributed by atoms with Gasteiger partial charge in [-0.25, -0.2) is 13.2 Å². The van der Waals surface area contributed by atoms with Crippen LogP contribution in [0.25, 0.3) is 0 Å². The quantitative estimate of drug-likeness (QED) is 0.439. The van der Waals surface area contributed by atoms with Gasteiger partial charge in [-0.2, -0.15) is 0 Å². The van der Waals surface area contributed by atoms with E-state index in [1.54, 1.807) is 7.11 Å². The number of carbonyl (C=O) groups is 2.